The highest BCUT2D eigenvalue weighted by Gasteiger charge is 2.36. The molecule has 0 radical (unpaired) electrons. The second-order valence-electron chi connectivity index (χ2n) is 6.26. The predicted molar refractivity (Wildman–Crippen MR) is 83.2 cm³/mol. The molecule has 1 atom stereocenters. The van der Waals surface area contributed by atoms with Gasteiger partial charge in [0.25, 0.3) is 0 Å². The van der Waals surface area contributed by atoms with E-state index < -0.39 is 0 Å². The molecule has 2 heterocycles. The van der Waals surface area contributed by atoms with Crippen molar-refractivity contribution in [2.45, 2.75) is 31.7 Å². The fraction of sp³-hybridized carbons (Fsp3) is 0.588. The number of piperidine rings is 2. The number of rotatable bonds is 3. The number of hydrogen-bond acceptors (Lipinski definition) is 3. The van der Waals surface area contributed by atoms with Gasteiger partial charge in [-0.25, -0.2) is 4.39 Å². The Bertz CT molecular complexity index is 529. The fourth-order valence-corrected chi connectivity index (χ4v) is 3.55. The Labute approximate surface area is 130 Å². The third kappa shape index (κ3) is 3.01. The van der Waals surface area contributed by atoms with Gasteiger partial charge in [-0.1, -0.05) is 12.1 Å². The number of carbonyl (C=O) groups is 1. The van der Waals surface area contributed by atoms with Crippen LogP contribution in [0.15, 0.2) is 24.3 Å². The summed E-state index contributed by atoms with van der Waals surface area (Å²) in [7, 11) is 0. The van der Waals surface area contributed by atoms with Crippen LogP contribution < -0.4 is 4.90 Å². The fourth-order valence-electron chi connectivity index (χ4n) is 3.55. The van der Waals surface area contributed by atoms with Crippen molar-refractivity contribution in [3.63, 3.8) is 0 Å². The van der Waals surface area contributed by atoms with Gasteiger partial charge in [-0.2, -0.15) is 0 Å². The molecule has 0 spiro atoms. The molecule has 0 aromatic heterocycles. The molecule has 1 N–H and O–H groups in total. The Morgan fingerprint density at radius 2 is 1.86 bits per heavy atom. The molecule has 2 aliphatic rings. The third-order valence-electron chi connectivity index (χ3n) is 4.90. The Morgan fingerprint density at radius 1 is 1.14 bits per heavy atom. The second kappa shape index (κ2) is 6.75. The first kappa shape index (κ1) is 15.4. The molecule has 4 nitrogen and oxygen atoms in total. The maximum atomic E-state index is 14.0. The van der Waals surface area contributed by atoms with Crippen molar-refractivity contribution >= 4 is 11.6 Å². The highest BCUT2D eigenvalue weighted by molar-refractivity contribution is 5.98. The minimum Gasteiger partial charge on any atom is -0.396 e. The van der Waals surface area contributed by atoms with Gasteiger partial charge >= 0.3 is 0 Å². The number of carbonyl (C=O) groups excluding carboxylic acids is 1. The Balaban J connectivity index is 1.72. The summed E-state index contributed by atoms with van der Waals surface area (Å²) in [5.41, 5.74) is 0.391. The van der Waals surface area contributed by atoms with E-state index in [4.69, 9.17) is 0 Å². The quantitative estimate of drug-likeness (QED) is 0.929. The molecule has 2 aliphatic heterocycles. The first-order valence-corrected chi connectivity index (χ1v) is 8.11. The monoisotopic (exact) mass is 306 g/mol. The maximum Gasteiger partial charge on any atom is 0.244 e. The van der Waals surface area contributed by atoms with Crippen LogP contribution in [-0.4, -0.2) is 48.2 Å². The lowest BCUT2D eigenvalue weighted by molar-refractivity contribution is -0.126. The number of para-hydroxylation sites is 1. The standard InChI is InChI=1S/C17H23FN2O2/c18-14-4-1-2-5-15(14)20-9-3-6-16(17(20)22)19-10-7-13(12-21)8-11-19/h1-2,4-5,13,16,21H,3,6-12H2. The van der Waals surface area contributed by atoms with E-state index in [1.807, 2.05) is 0 Å². The molecule has 22 heavy (non-hydrogen) atoms. The molecule has 0 aliphatic carbocycles. The molecule has 2 fully saturated rings. The van der Waals surface area contributed by atoms with E-state index in [1.165, 1.54) is 6.07 Å². The molecule has 1 aromatic rings. The van der Waals surface area contributed by atoms with Gasteiger partial charge in [-0.15, -0.1) is 0 Å². The zero-order valence-corrected chi connectivity index (χ0v) is 12.7. The van der Waals surface area contributed by atoms with Crippen molar-refractivity contribution < 1.29 is 14.3 Å². The molecular weight excluding hydrogens is 283 g/mol. The Hall–Kier alpha value is -1.46. The molecule has 3 rings (SSSR count). The smallest absolute Gasteiger partial charge is 0.244 e. The topological polar surface area (TPSA) is 43.8 Å². The van der Waals surface area contributed by atoms with Crippen molar-refractivity contribution in [3.05, 3.63) is 30.1 Å². The summed E-state index contributed by atoms with van der Waals surface area (Å²) in [6, 6.07) is 6.34. The number of aliphatic hydroxyl groups excluding tert-OH is 1. The van der Waals surface area contributed by atoms with Crippen LogP contribution in [0.5, 0.6) is 0 Å². The molecule has 0 saturated carbocycles. The first-order valence-electron chi connectivity index (χ1n) is 8.11. The summed E-state index contributed by atoms with van der Waals surface area (Å²) < 4.78 is 14.0. The highest BCUT2D eigenvalue weighted by Crippen LogP contribution is 2.28. The number of nitrogens with zero attached hydrogens (tertiary/aromatic N) is 2. The lowest BCUT2D eigenvalue weighted by Crippen LogP contribution is -2.54. The van der Waals surface area contributed by atoms with Crippen LogP contribution in [0.1, 0.15) is 25.7 Å². The van der Waals surface area contributed by atoms with Crippen molar-refractivity contribution in [1.29, 1.82) is 0 Å². The van der Waals surface area contributed by atoms with Gasteiger partial charge in [0.2, 0.25) is 5.91 Å². The van der Waals surface area contributed by atoms with Gasteiger partial charge in [0.1, 0.15) is 5.82 Å². The summed E-state index contributed by atoms with van der Waals surface area (Å²) in [5, 5.41) is 9.23. The summed E-state index contributed by atoms with van der Waals surface area (Å²) in [5.74, 6) is 0.0342. The normalized spacial score (nSPS) is 24.7. The van der Waals surface area contributed by atoms with Gasteiger partial charge in [0, 0.05) is 13.2 Å². The molecule has 0 bridgehead atoms. The summed E-state index contributed by atoms with van der Waals surface area (Å²) in [6.07, 6.45) is 3.60. The molecule has 5 heteroatoms. The molecule has 1 amide bonds. The van der Waals surface area contributed by atoms with E-state index in [9.17, 15) is 14.3 Å². The van der Waals surface area contributed by atoms with Crippen molar-refractivity contribution in [2.24, 2.45) is 5.92 Å². The van der Waals surface area contributed by atoms with Crippen LogP contribution >= 0.6 is 0 Å². The van der Waals surface area contributed by atoms with E-state index in [0.29, 0.717) is 18.2 Å². The summed E-state index contributed by atoms with van der Waals surface area (Å²) in [4.78, 5) is 16.6. The van der Waals surface area contributed by atoms with Crippen molar-refractivity contribution in [2.75, 3.05) is 31.1 Å². The van der Waals surface area contributed by atoms with Crippen LogP contribution in [0.3, 0.4) is 0 Å². The van der Waals surface area contributed by atoms with Crippen molar-refractivity contribution in [3.8, 4) is 0 Å². The van der Waals surface area contributed by atoms with Gasteiger partial charge in [-0.3, -0.25) is 9.69 Å². The lowest BCUT2D eigenvalue weighted by atomic mass is 9.94. The lowest BCUT2D eigenvalue weighted by Gasteiger charge is -2.41. The van der Waals surface area contributed by atoms with Crippen LogP contribution in [0.4, 0.5) is 10.1 Å². The molecule has 120 valence electrons. The number of benzene rings is 1. The van der Waals surface area contributed by atoms with Crippen LogP contribution in [0, 0.1) is 11.7 Å². The Morgan fingerprint density at radius 3 is 2.55 bits per heavy atom. The molecule has 1 aromatic carbocycles. The van der Waals surface area contributed by atoms with Crippen LogP contribution in [-0.2, 0) is 4.79 Å². The zero-order valence-electron chi connectivity index (χ0n) is 12.7. The van der Waals surface area contributed by atoms with Crippen LogP contribution in [0.25, 0.3) is 0 Å². The minimum atomic E-state index is -0.338. The van der Waals surface area contributed by atoms with E-state index >= 15 is 0 Å². The van der Waals surface area contributed by atoms with E-state index in [2.05, 4.69) is 4.90 Å². The number of anilines is 1. The van der Waals surface area contributed by atoms with Crippen molar-refractivity contribution in [1.82, 2.24) is 4.90 Å². The number of amides is 1. The largest absolute Gasteiger partial charge is 0.396 e. The maximum absolute atomic E-state index is 14.0. The number of likely N-dealkylation sites (tertiary alicyclic amines) is 1. The number of halogens is 1. The number of aliphatic hydroxyl groups is 1. The predicted octanol–water partition coefficient (Wildman–Crippen LogP) is 2.03. The average molecular weight is 306 g/mol. The van der Waals surface area contributed by atoms with E-state index in [0.717, 1.165) is 38.8 Å². The zero-order chi connectivity index (χ0) is 15.5. The Kier molecular flexibility index (Phi) is 4.74. The molecule has 2 saturated heterocycles. The SMILES string of the molecule is O=C1C(N2CCC(CO)CC2)CCCN1c1ccccc1F. The first-order chi connectivity index (χ1) is 10.7. The summed E-state index contributed by atoms with van der Waals surface area (Å²) >= 11 is 0. The van der Waals surface area contributed by atoms with E-state index in [1.54, 1.807) is 23.1 Å². The third-order valence-corrected chi connectivity index (χ3v) is 4.90. The van der Waals surface area contributed by atoms with Gasteiger partial charge < -0.3 is 10.0 Å². The van der Waals surface area contributed by atoms with Crippen LogP contribution in [0.2, 0.25) is 0 Å². The van der Waals surface area contributed by atoms with E-state index in [-0.39, 0.29) is 24.4 Å². The second-order valence-corrected chi connectivity index (χ2v) is 6.26. The number of hydrogen-bond donors (Lipinski definition) is 1. The van der Waals surface area contributed by atoms with Gasteiger partial charge in [0.15, 0.2) is 0 Å². The molecule has 1 unspecified atom stereocenters. The minimum absolute atomic E-state index is 0.0128. The summed E-state index contributed by atoms with van der Waals surface area (Å²) in [6.45, 7) is 2.50. The van der Waals surface area contributed by atoms with Gasteiger partial charge in [0.05, 0.1) is 11.7 Å². The molecular formula is C17H23FN2O2. The highest BCUT2D eigenvalue weighted by atomic mass is 19.1. The average Bonchev–Trinajstić information content (AvgIpc) is 2.56. The van der Waals surface area contributed by atoms with Gasteiger partial charge in [-0.05, 0) is 56.8 Å².